The van der Waals surface area contributed by atoms with Crippen LogP contribution < -0.4 is 10.1 Å². The van der Waals surface area contributed by atoms with Crippen LogP contribution in [0.3, 0.4) is 0 Å². The Kier molecular flexibility index (Phi) is 5.36. The van der Waals surface area contributed by atoms with Gasteiger partial charge in [-0.15, -0.1) is 0 Å². The Balaban J connectivity index is 1.86. The third kappa shape index (κ3) is 5.14. The third-order valence-electron chi connectivity index (χ3n) is 3.44. The molecule has 23 heavy (non-hydrogen) atoms. The Hall–Kier alpha value is -2.82. The maximum Gasteiger partial charge on any atom is 0.307 e. The first-order chi connectivity index (χ1) is 10.9. The van der Waals surface area contributed by atoms with Gasteiger partial charge in [0.15, 0.2) is 6.61 Å². The lowest BCUT2D eigenvalue weighted by atomic mass is 10.1. The number of anilines is 1. The van der Waals surface area contributed by atoms with E-state index in [0.717, 1.165) is 5.56 Å². The predicted molar refractivity (Wildman–Crippen MR) is 87.8 cm³/mol. The molecule has 2 aromatic rings. The number of hydrogen-bond acceptors (Lipinski definition) is 3. The standard InChI is InChI=1S/C18H19NO4/c1-12-3-8-16(9-13(12)2)23-11-17(20)19-15-6-4-14(5-7-15)10-18(21)22/h3-9H,10-11H2,1-2H3,(H,19,20)(H,21,22). The fourth-order valence-corrected chi connectivity index (χ4v) is 2.03. The van der Waals surface area contributed by atoms with Crippen molar-refractivity contribution in [2.45, 2.75) is 20.3 Å². The van der Waals surface area contributed by atoms with Crippen molar-refractivity contribution in [3.63, 3.8) is 0 Å². The number of benzene rings is 2. The number of aliphatic carboxylic acids is 1. The summed E-state index contributed by atoms with van der Waals surface area (Å²) in [5.41, 5.74) is 3.56. The van der Waals surface area contributed by atoms with Crippen molar-refractivity contribution in [2.75, 3.05) is 11.9 Å². The second kappa shape index (κ2) is 7.45. The van der Waals surface area contributed by atoms with Crippen molar-refractivity contribution < 1.29 is 19.4 Å². The molecule has 0 radical (unpaired) electrons. The highest BCUT2D eigenvalue weighted by molar-refractivity contribution is 5.91. The molecule has 0 fully saturated rings. The van der Waals surface area contributed by atoms with Crippen LogP contribution in [0.4, 0.5) is 5.69 Å². The fraction of sp³-hybridized carbons (Fsp3) is 0.222. The van der Waals surface area contributed by atoms with Crippen molar-refractivity contribution in [3.8, 4) is 5.75 Å². The van der Waals surface area contributed by atoms with E-state index in [1.165, 1.54) is 5.56 Å². The molecule has 120 valence electrons. The van der Waals surface area contributed by atoms with E-state index in [1.54, 1.807) is 24.3 Å². The zero-order chi connectivity index (χ0) is 16.8. The van der Waals surface area contributed by atoms with Gasteiger partial charge < -0.3 is 15.2 Å². The smallest absolute Gasteiger partial charge is 0.307 e. The Morgan fingerprint density at radius 2 is 1.74 bits per heavy atom. The van der Waals surface area contributed by atoms with Crippen LogP contribution in [0.25, 0.3) is 0 Å². The summed E-state index contributed by atoms with van der Waals surface area (Å²) in [5, 5.41) is 11.4. The Morgan fingerprint density at radius 3 is 2.35 bits per heavy atom. The molecule has 0 heterocycles. The zero-order valence-corrected chi connectivity index (χ0v) is 13.1. The largest absolute Gasteiger partial charge is 0.484 e. The molecular formula is C18H19NO4. The molecule has 2 rings (SSSR count). The van der Waals surface area contributed by atoms with Crippen molar-refractivity contribution in [2.24, 2.45) is 0 Å². The number of amides is 1. The molecule has 0 aliphatic rings. The molecule has 0 aromatic heterocycles. The van der Waals surface area contributed by atoms with E-state index in [2.05, 4.69) is 5.32 Å². The molecule has 0 aliphatic carbocycles. The molecule has 0 atom stereocenters. The summed E-state index contributed by atoms with van der Waals surface area (Å²) >= 11 is 0. The lowest BCUT2D eigenvalue weighted by Gasteiger charge is -2.09. The number of ether oxygens (including phenoxy) is 1. The topological polar surface area (TPSA) is 75.6 Å². The van der Waals surface area contributed by atoms with E-state index < -0.39 is 5.97 Å². The first kappa shape index (κ1) is 16.5. The van der Waals surface area contributed by atoms with Crippen molar-refractivity contribution in [1.82, 2.24) is 0 Å². The van der Waals surface area contributed by atoms with Gasteiger partial charge >= 0.3 is 5.97 Å². The van der Waals surface area contributed by atoms with E-state index in [9.17, 15) is 9.59 Å². The summed E-state index contributed by atoms with van der Waals surface area (Å²) in [4.78, 5) is 22.5. The molecule has 0 bridgehead atoms. The summed E-state index contributed by atoms with van der Waals surface area (Å²) in [7, 11) is 0. The average molecular weight is 313 g/mol. The fourth-order valence-electron chi connectivity index (χ4n) is 2.03. The summed E-state index contributed by atoms with van der Waals surface area (Å²) in [6.45, 7) is 3.92. The van der Waals surface area contributed by atoms with Gasteiger partial charge in [-0.05, 0) is 54.8 Å². The number of aryl methyl sites for hydroxylation is 2. The maximum absolute atomic E-state index is 11.9. The van der Waals surface area contributed by atoms with Gasteiger partial charge in [0.1, 0.15) is 5.75 Å². The van der Waals surface area contributed by atoms with E-state index >= 15 is 0 Å². The second-order valence-corrected chi connectivity index (χ2v) is 5.35. The molecule has 0 saturated heterocycles. The van der Waals surface area contributed by atoms with Gasteiger partial charge in [0.25, 0.3) is 5.91 Å². The lowest BCUT2D eigenvalue weighted by molar-refractivity contribution is -0.136. The van der Waals surface area contributed by atoms with Gasteiger partial charge in [0.05, 0.1) is 6.42 Å². The van der Waals surface area contributed by atoms with Gasteiger partial charge in [-0.1, -0.05) is 18.2 Å². The number of carboxylic acids is 1. The maximum atomic E-state index is 11.9. The number of rotatable bonds is 6. The van der Waals surface area contributed by atoms with E-state index in [-0.39, 0.29) is 18.9 Å². The highest BCUT2D eigenvalue weighted by Gasteiger charge is 2.05. The third-order valence-corrected chi connectivity index (χ3v) is 3.44. The van der Waals surface area contributed by atoms with Crippen molar-refractivity contribution >= 4 is 17.6 Å². The van der Waals surface area contributed by atoms with Gasteiger partial charge in [0.2, 0.25) is 0 Å². The molecule has 0 saturated carbocycles. The van der Waals surface area contributed by atoms with Crippen LogP contribution in [-0.4, -0.2) is 23.6 Å². The van der Waals surface area contributed by atoms with E-state index in [4.69, 9.17) is 9.84 Å². The summed E-state index contributed by atoms with van der Waals surface area (Å²) in [6, 6.07) is 12.4. The summed E-state index contributed by atoms with van der Waals surface area (Å²) < 4.78 is 5.46. The van der Waals surface area contributed by atoms with Gasteiger partial charge in [0, 0.05) is 5.69 Å². The van der Waals surface area contributed by atoms with Crippen LogP contribution >= 0.6 is 0 Å². The Labute approximate surface area is 134 Å². The van der Waals surface area contributed by atoms with Crippen molar-refractivity contribution in [1.29, 1.82) is 0 Å². The van der Waals surface area contributed by atoms with Crippen LogP contribution in [0, 0.1) is 13.8 Å². The number of carbonyl (C=O) groups is 2. The zero-order valence-electron chi connectivity index (χ0n) is 13.1. The summed E-state index contributed by atoms with van der Waals surface area (Å²) in [5.74, 6) is -0.502. The molecule has 2 aromatic carbocycles. The van der Waals surface area contributed by atoms with Gasteiger partial charge in [-0.3, -0.25) is 9.59 Å². The molecular weight excluding hydrogens is 294 g/mol. The molecule has 1 amide bonds. The Bertz CT molecular complexity index is 707. The van der Waals surface area contributed by atoms with E-state index in [0.29, 0.717) is 17.0 Å². The number of nitrogens with one attached hydrogen (secondary N) is 1. The minimum atomic E-state index is -0.886. The number of carboxylic acid groups (broad SMARTS) is 1. The lowest BCUT2D eigenvalue weighted by Crippen LogP contribution is -2.20. The summed E-state index contributed by atoms with van der Waals surface area (Å²) in [6.07, 6.45) is -0.0376. The highest BCUT2D eigenvalue weighted by atomic mass is 16.5. The molecule has 0 spiro atoms. The molecule has 5 heteroatoms. The van der Waals surface area contributed by atoms with Crippen LogP contribution in [-0.2, 0) is 16.0 Å². The molecule has 2 N–H and O–H groups in total. The first-order valence-corrected chi connectivity index (χ1v) is 7.24. The second-order valence-electron chi connectivity index (χ2n) is 5.35. The average Bonchev–Trinajstić information content (AvgIpc) is 2.50. The van der Waals surface area contributed by atoms with Gasteiger partial charge in [-0.25, -0.2) is 0 Å². The van der Waals surface area contributed by atoms with Crippen LogP contribution in [0.1, 0.15) is 16.7 Å². The number of hydrogen-bond donors (Lipinski definition) is 2. The normalized spacial score (nSPS) is 10.2. The minimum absolute atomic E-state index is 0.0376. The molecule has 5 nitrogen and oxygen atoms in total. The molecule has 0 aliphatic heterocycles. The SMILES string of the molecule is Cc1ccc(OCC(=O)Nc2ccc(CC(=O)O)cc2)cc1C. The number of carbonyl (C=O) groups excluding carboxylic acids is 1. The van der Waals surface area contributed by atoms with E-state index in [1.807, 2.05) is 32.0 Å². The monoisotopic (exact) mass is 313 g/mol. The van der Waals surface area contributed by atoms with Crippen molar-refractivity contribution in [3.05, 3.63) is 59.2 Å². The highest BCUT2D eigenvalue weighted by Crippen LogP contribution is 2.16. The van der Waals surface area contributed by atoms with Crippen LogP contribution in [0.15, 0.2) is 42.5 Å². The minimum Gasteiger partial charge on any atom is -0.484 e. The Morgan fingerprint density at radius 1 is 1.04 bits per heavy atom. The molecule has 0 unspecified atom stereocenters. The van der Waals surface area contributed by atoms with Gasteiger partial charge in [-0.2, -0.15) is 0 Å². The first-order valence-electron chi connectivity index (χ1n) is 7.24. The van der Waals surface area contributed by atoms with Crippen LogP contribution in [0.2, 0.25) is 0 Å². The van der Waals surface area contributed by atoms with Crippen LogP contribution in [0.5, 0.6) is 5.75 Å². The quantitative estimate of drug-likeness (QED) is 0.859. The predicted octanol–water partition coefficient (Wildman–Crippen LogP) is 2.95.